The van der Waals surface area contributed by atoms with Gasteiger partial charge >= 0.3 is 7.82 Å². The van der Waals surface area contributed by atoms with E-state index in [1.54, 1.807) is 0 Å². The van der Waals surface area contributed by atoms with Crippen LogP contribution in [0.1, 0.15) is 168 Å². The summed E-state index contributed by atoms with van der Waals surface area (Å²) in [6.07, 6.45) is 67.0. The number of phosphoric acid groups is 1. The van der Waals surface area contributed by atoms with Crippen LogP contribution in [0.15, 0.2) is 122 Å². The summed E-state index contributed by atoms with van der Waals surface area (Å²) in [5.41, 5.74) is 0. The third-order valence-electron chi connectivity index (χ3n) is 10.2. The van der Waals surface area contributed by atoms with Gasteiger partial charge in [0.2, 0.25) is 5.91 Å². The van der Waals surface area contributed by atoms with Crippen LogP contribution in [0.25, 0.3) is 0 Å². The zero-order valence-electron chi connectivity index (χ0n) is 41.2. The molecule has 8 nitrogen and oxygen atoms in total. The average molecular weight is 910 g/mol. The Morgan fingerprint density at radius 3 is 1.38 bits per heavy atom. The first-order chi connectivity index (χ1) is 31.0. The molecular formula is C55H94N2O6P+. The van der Waals surface area contributed by atoms with Crippen LogP contribution in [0.2, 0.25) is 0 Å². The van der Waals surface area contributed by atoms with Gasteiger partial charge in [-0.1, -0.05) is 193 Å². The molecule has 0 heterocycles. The summed E-state index contributed by atoms with van der Waals surface area (Å²) in [6, 6.07) is -0.780. The van der Waals surface area contributed by atoms with Gasteiger partial charge in [0.15, 0.2) is 0 Å². The summed E-state index contributed by atoms with van der Waals surface area (Å²) in [5.74, 6) is -0.180. The number of likely N-dealkylation sites (N-methyl/N-ethyl adjacent to an activating group) is 1. The van der Waals surface area contributed by atoms with Crippen molar-refractivity contribution in [2.75, 3.05) is 40.9 Å². The summed E-state index contributed by atoms with van der Waals surface area (Å²) in [4.78, 5) is 23.1. The van der Waals surface area contributed by atoms with Gasteiger partial charge < -0.3 is 19.8 Å². The second-order valence-corrected chi connectivity index (χ2v) is 18.9. The summed E-state index contributed by atoms with van der Waals surface area (Å²) < 4.78 is 23.5. The number of aliphatic hydroxyl groups excluding tert-OH is 1. The highest BCUT2D eigenvalue weighted by Crippen LogP contribution is 2.43. The molecule has 0 aliphatic heterocycles. The minimum atomic E-state index is -4.32. The Kier molecular flexibility index (Phi) is 42.9. The number of nitrogens with one attached hydrogen (secondary N) is 1. The number of nitrogens with zero attached hydrogens (tertiary/aromatic N) is 1. The molecule has 9 heteroatoms. The summed E-state index contributed by atoms with van der Waals surface area (Å²) in [5, 5.41) is 13.8. The van der Waals surface area contributed by atoms with Crippen molar-refractivity contribution in [3.63, 3.8) is 0 Å². The first kappa shape index (κ1) is 60.9. The Labute approximate surface area is 393 Å². The van der Waals surface area contributed by atoms with E-state index in [-0.39, 0.29) is 19.1 Å². The molecule has 3 atom stereocenters. The van der Waals surface area contributed by atoms with Crippen molar-refractivity contribution in [1.29, 1.82) is 0 Å². The molecule has 64 heavy (non-hydrogen) atoms. The first-order valence-corrected chi connectivity index (χ1v) is 26.4. The van der Waals surface area contributed by atoms with Crippen LogP contribution in [0.3, 0.4) is 0 Å². The number of aliphatic hydroxyl groups is 1. The Balaban J connectivity index is 4.14. The molecule has 0 aromatic rings. The quantitative estimate of drug-likeness (QED) is 0.0244. The molecule has 364 valence electrons. The molecule has 3 unspecified atom stereocenters. The molecule has 0 saturated carbocycles. The lowest BCUT2D eigenvalue weighted by Gasteiger charge is -2.26. The molecule has 0 aromatic heterocycles. The van der Waals surface area contributed by atoms with E-state index in [0.717, 1.165) is 116 Å². The van der Waals surface area contributed by atoms with Crippen molar-refractivity contribution in [3.05, 3.63) is 122 Å². The number of unbranched alkanes of at least 4 members (excludes halogenated alkanes) is 10. The molecule has 0 fully saturated rings. The predicted octanol–water partition coefficient (Wildman–Crippen LogP) is 14.6. The highest BCUT2D eigenvalue weighted by Gasteiger charge is 2.28. The second-order valence-electron chi connectivity index (χ2n) is 17.5. The van der Waals surface area contributed by atoms with Crippen molar-refractivity contribution < 1.29 is 32.9 Å². The van der Waals surface area contributed by atoms with Crippen LogP contribution in [0.5, 0.6) is 0 Å². The largest absolute Gasteiger partial charge is 0.472 e. The molecule has 0 radical (unpaired) electrons. The van der Waals surface area contributed by atoms with Gasteiger partial charge in [0.05, 0.1) is 39.9 Å². The molecular weight excluding hydrogens is 816 g/mol. The van der Waals surface area contributed by atoms with E-state index < -0.39 is 20.0 Å². The van der Waals surface area contributed by atoms with Gasteiger partial charge in [-0.05, 0) is 89.9 Å². The van der Waals surface area contributed by atoms with Gasteiger partial charge in [-0.25, -0.2) is 4.57 Å². The monoisotopic (exact) mass is 910 g/mol. The maximum absolute atomic E-state index is 12.8. The smallest absolute Gasteiger partial charge is 0.391 e. The first-order valence-electron chi connectivity index (χ1n) is 24.9. The van der Waals surface area contributed by atoms with Gasteiger partial charge in [-0.2, -0.15) is 0 Å². The molecule has 1 amide bonds. The highest BCUT2D eigenvalue weighted by molar-refractivity contribution is 7.47. The second kappa shape index (κ2) is 45.1. The zero-order valence-corrected chi connectivity index (χ0v) is 42.1. The minimum Gasteiger partial charge on any atom is -0.391 e. The number of carbonyl (C=O) groups excluding carboxylic acids is 1. The van der Waals surface area contributed by atoms with E-state index >= 15 is 0 Å². The number of phosphoric ester groups is 1. The van der Waals surface area contributed by atoms with Crippen LogP contribution in [0.4, 0.5) is 0 Å². The number of hydrogen-bond acceptors (Lipinski definition) is 5. The standard InChI is InChI=1S/C55H93N2O6P/c1-6-8-10-12-14-15-16-17-18-19-20-21-22-23-24-25-26-27-28-29-30-31-32-33-34-35-36-37-38-39-40-41-43-45-47-49-55(59)56-53(54(58)48-46-44-42-13-11-9-7-2)52-63-64(60,61)62-51-50-57(3,4)5/h8,10,14-15,17-18,20-21,23-24,26-27,29-30,32-33,35-36,38-39,53-54,58H,6-7,9,11-13,16,19,22,25,28,31,34,37,40-52H2,1-5H3,(H-,56,59,60,61)/p+1/b10-8-,15-14-,18-17-,21-20-,24-23-,27-26-,30-29-,33-32-,36-35-,39-38-. The molecule has 3 N–H and O–H groups in total. The Morgan fingerprint density at radius 1 is 0.547 bits per heavy atom. The van der Waals surface area contributed by atoms with E-state index in [1.807, 2.05) is 21.1 Å². The molecule has 0 aliphatic rings. The zero-order chi connectivity index (χ0) is 47.1. The number of quaternary nitrogens is 1. The van der Waals surface area contributed by atoms with Crippen LogP contribution in [-0.2, 0) is 18.4 Å². The Morgan fingerprint density at radius 2 is 0.938 bits per heavy atom. The van der Waals surface area contributed by atoms with Gasteiger partial charge in [0.25, 0.3) is 0 Å². The van der Waals surface area contributed by atoms with Crippen molar-refractivity contribution in [2.45, 2.75) is 180 Å². The van der Waals surface area contributed by atoms with E-state index in [1.165, 1.54) is 25.7 Å². The Hall–Kier alpha value is -3.10. The molecule has 0 spiro atoms. The van der Waals surface area contributed by atoms with Crippen molar-refractivity contribution in [1.82, 2.24) is 5.32 Å². The fourth-order valence-electron chi connectivity index (χ4n) is 6.31. The van der Waals surface area contributed by atoms with Crippen molar-refractivity contribution in [3.8, 4) is 0 Å². The average Bonchev–Trinajstić information content (AvgIpc) is 3.25. The van der Waals surface area contributed by atoms with Gasteiger partial charge in [0, 0.05) is 6.42 Å². The number of rotatable bonds is 43. The van der Waals surface area contributed by atoms with Gasteiger partial charge in [-0.15, -0.1) is 0 Å². The number of carbonyl (C=O) groups is 1. The third kappa shape index (κ3) is 46.9. The van der Waals surface area contributed by atoms with E-state index in [9.17, 15) is 19.4 Å². The molecule has 0 rings (SSSR count). The van der Waals surface area contributed by atoms with E-state index in [2.05, 4.69) is 141 Å². The fourth-order valence-corrected chi connectivity index (χ4v) is 7.04. The van der Waals surface area contributed by atoms with Crippen LogP contribution >= 0.6 is 7.82 Å². The summed E-state index contributed by atoms with van der Waals surface area (Å²) >= 11 is 0. The summed E-state index contributed by atoms with van der Waals surface area (Å²) in [7, 11) is 1.57. The maximum atomic E-state index is 12.8. The van der Waals surface area contributed by atoms with Crippen molar-refractivity contribution in [2.24, 2.45) is 0 Å². The third-order valence-corrected chi connectivity index (χ3v) is 11.2. The minimum absolute atomic E-state index is 0.0618. The SMILES string of the molecule is CC/C=C\C/C=C\C/C=C\C/C=C\C/C=C\C/C=C\C/C=C\C/C=C\C/C=C\C/C=C\CCCCCCC(=O)NC(COP(=O)(O)OCC[N+](C)(C)C)C(O)CCCCCCCCC. The maximum Gasteiger partial charge on any atom is 0.472 e. The lowest BCUT2D eigenvalue weighted by molar-refractivity contribution is -0.870. The lowest BCUT2D eigenvalue weighted by Crippen LogP contribution is -2.46. The lowest BCUT2D eigenvalue weighted by atomic mass is 10.0. The van der Waals surface area contributed by atoms with Crippen LogP contribution < -0.4 is 5.32 Å². The summed E-state index contributed by atoms with van der Waals surface area (Å²) in [6.45, 7) is 4.67. The van der Waals surface area contributed by atoms with Gasteiger partial charge in [0.1, 0.15) is 13.2 Å². The predicted molar refractivity (Wildman–Crippen MR) is 276 cm³/mol. The van der Waals surface area contributed by atoms with Crippen LogP contribution in [-0.4, -0.2) is 73.4 Å². The molecule has 0 aromatic carbocycles. The molecule has 0 bridgehead atoms. The van der Waals surface area contributed by atoms with Crippen LogP contribution in [0, 0.1) is 0 Å². The van der Waals surface area contributed by atoms with Crippen molar-refractivity contribution >= 4 is 13.7 Å². The normalized spacial score (nSPS) is 15.2. The molecule has 0 saturated heterocycles. The number of hydrogen-bond donors (Lipinski definition) is 3. The highest BCUT2D eigenvalue weighted by atomic mass is 31.2. The Bertz CT molecular complexity index is 1450. The van der Waals surface area contributed by atoms with E-state index in [0.29, 0.717) is 23.9 Å². The number of allylic oxidation sites excluding steroid dienone is 20. The van der Waals surface area contributed by atoms with E-state index in [4.69, 9.17) is 9.05 Å². The topological polar surface area (TPSA) is 105 Å². The number of amides is 1. The fraction of sp³-hybridized carbons (Fsp3) is 0.618. The molecule has 0 aliphatic carbocycles. The van der Waals surface area contributed by atoms with Gasteiger partial charge in [-0.3, -0.25) is 13.8 Å².